The topological polar surface area (TPSA) is 52.7 Å². The summed E-state index contributed by atoms with van der Waals surface area (Å²) in [5, 5.41) is 1.26. The third-order valence-electron chi connectivity index (χ3n) is 3.43. The lowest BCUT2D eigenvalue weighted by atomic mass is 10.1. The van der Waals surface area contributed by atoms with E-state index >= 15 is 0 Å². The highest BCUT2D eigenvalue weighted by atomic mass is 16.5. The maximum absolute atomic E-state index is 5.84. The van der Waals surface area contributed by atoms with Crippen LogP contribution in [0.3, 0.4) is 0 Å². The average Bonchev–Trinajstić information content (AvgIpc) is 2.89. The van der Waals surface area contributed by atoms with Crippen molar-refractivity contribution >= 4 is 10.9 Å². The van der Waals surface area contributed by atoms with Crippen LogP contribution in [0.4, 0.5) is 0 Å². The molecule has 0 fully saturated rings. The second kappa shape index (κ2) is 5.80. The highest BCUT2D eigenvalue weighted by Gasteiger charge is 2.05. The van der Waals surface area contributed by atoms with Crippen LogP contribution >= 0.6 is 0 Å². The number of quaternary nitrogens is 1. The highest BCUT2D eigenvalue weighted by Crippen LogP contribution is 2.24. The zero-order valence-electron chi connectivity index (χ0n) is 11.4. The van der Waals surface area contributed by atoms with Gasteiger partial charge in [0.1, 0.15) is 12.4 Å². The summed E-state index contributed by atoms with van der Waals surface area (Å²) in [5.41, 5.74) is 7.53. The number of aromatic amines is 1. The van der Waals surface area contributed by atoms with Gasteiger partial charge in [0, 0.05) is 29.6 Å². The molecule has 0 unspecified atom stereocenters. The van der Waals surface area contributed by atoms with Gasteiger partial charge < -0.3 is 15.5 Å². The van der Waals surface area contributed by atoms with Crippen molar-refractivity contribution in [3.63, 3.8) is 0 Å². The lowest BCUT2D eigenvalue weighted by Gasteiger charge is -2.06. The Morgan fingerprint density at radius 3 is 2.70 bits per heavy atom. The Morgan fingerprint density at radius 2 is 1.90 bits per heavy atom. The molecule has 1 aromatic heterocycles. The maximum atomic E-state index is 5.84. The summed E-state index contributed by atoms with van der Waals surface area (Å²) in [6, 6.07) is 16.4. The fourth-order valence-corrected chi connectivity index (χ4v) is 2.39. The second-order valence-corrected chi connectivity index (χ2v) is 4.90. The number of H-pyrrole nitrogens is 1. The lowest BCUT2D eigenvalue weighted by Crippen LogP contribution is -2.51. The van der Waals surface area contributed by atoms with E-state index in [0.717, 1.165) is 24.2 Å². The number of hydrogen-bond donors (Lipinski definition) is 2. The van der Waals surface area contributed by atoms with E-state index in [1.807, 2.05) is 24.3 Å². The third-order valence-corrected chi connectivity index (χ3v) is 3.43. The van der Waals surface area contributed by atoms with E-state index in [9.17, 15) is 0 Å². The van der Waals surface area contributed by atoms with Crippen molar-refractivity contribution in [3.05, 3.63) is 65.9 Å². The van der Waals surface area contributed by atoms with Crippen LogP contribution in [0, 0.1) is 0 Å². The molecule has 3 aromatic rings. The first-order valence-corrected chi connectivity index (χ1v) is 6.93. The minimum Gasteiger partial charge on any atom is -0.489 e. The van der Waals surface area contributed by atoms with Gasteiger partial charge in [0.05, 0.1) is 6.54 Å². The summed E-state index contributed by atoms with van der Waals surface area (Å²) in [7, 11) is 0. The number of fused-ring (bicyclic) bond motifs is 1. The number of aromatic nitrogens is 1. The summed E-state index contributed by atoms with van der Waals surface area (Å²) in [6.45, 7) is 1.51. The van der Waals surface area contributed by atoms with E-state index in [1.165, 1.54) is 16.5 Å². The molecule has 102 valence electrons. The Balaban J connectivity index is 1.76. The van der Waals surface area contributed by atoms with Crippen molar-refractivity contribution in [2.75, 3.05) is 6.54 Å². The molecule has 0 aliphatic heterocycles. The molecule has 3 rings (SSSR count). The minimum absolute atomic E-state index is 0.596. The Labute approximate surface area is 118 Å². The maximum Gasteiger partial charge on any atom is 0.121 e. The Hall–Kier alpha value is -2.26. The fourth-order valence-electron chi connectivity index (χ4n) is 2.39. The van der Waals surface area contributed by atoms with Gasteiger partial charge in [-0.15, -0.1) is 0 Å². The van der Waals surface area contributed by atoms with Crippen LogP contribution in [0.1, 0.15) is 11.1 Å². The number of nitrogens with one attached hydrogen (secondary N) is 1. The molecule has 0 aliphatic rings. The SMILES string of the molecule is [NH3+]CCc1c[nH]c2cc(OCc3ccccc3)ccc12. The van der Waals surface area contributed by atoms with Crippen molar-refractivity contribution < 1.29 is 10.5 Å². The molecule has 0 spiro atoms. The number of rotatable bonds is 5. The van der Waals surface area contributed by atoms with Crippen molar-refractivity contribution in [2.24, 2.45) is 0 Å². The predicted octanol–water partition coefficient (Wildman–Crippen LogP) is 2.53. The molecule has 0 atom stereocenters. The Kier molecular flexibility index (Phi) is 3.70. The van der Waals surface area contributed by atoms with E-state index in [1.54, 1.807) is 0 Å². The first-order chi connectivity index (χ1) is 9.86. The van der Waals surface area contributed by atoms with Crippen LogP contribution in [0.25, 0.3) is 10.9 Å². The van der Waals surface area contributed by atoms with E-state index < -0.39 is 0 Å². The summed E-state index contributed by atoms with van der Waals surface area (Å²) < 4.78 is 5.84. The molecule has 4 N–H and O–H groups in total. The summed E-state index contributed by atoms with van der Waals surface area (Å²) in [6.07, 6.45) is 3.07. The fraction of sp³-hybridized carbons (Fsp3) is 0.176. The molecular formula is C17H19N2O+. The predicted molar refractivity (Wildman–Crippen MR) is 80.5 cm³/mol. The lowest BCUT2D eigenvalue weighted by molar-refractivity contribution is -0.366. The second-order valence-electron chi connectivity index (χ2n) is 4.90. The van der Waals surface area contributed by atoms with Crippen LogP contribution < -0.4 is 10.5 Å². The molecule has 0 bridgehead atoms. The number of benzene rings is 2. The standard InChI is InChI=1S/C17H18N2O/c18-9-8-14-11-19-17-10-15(6-7-16(14)17)20-12-13-4-2-1-3-5-13/h1-7,10-11,19H,8-9,12,18H2/p+1. The van der Waals surface area contributed by atoms with Crippen LogP contribution in [0.15, 0.2) is 54.7 Å². The van der Waals surface area contributed by atoms with Crippen LogP contribution in [-0.4, -0.2) is 11.5 Å². The smallest absolute Gasteiger partial charge is 0.121 e. The van der Waals surface area contributed by atoms with Gasteiger partial charge in [-0.3, -0.25) is 0 Å². The van der Waals surface area contributed by atoms with Crippen molar-refractivity contribution in [3.8, 4) is 5.75 Å². The van der Waals surface area contributed by atoms with Gasteiger partial charge in [-0.1, -0.05) is 30.3 Å². The van der Waals surface area contributed by atoms with Gasteiger partial charge in [-0.25, -0.2) is 0 Å². The molecule has 0 radical (unpaired) electrons. The third kappa shape index (κ3) is 2.68. The van der Waals surface area contributed by atoms with Gasteiger partial charge >= 0.3 is 0 Å². The van der Waals surface area contributed by atoms with E-state index in [4.69, 9.17) is 4.74 Å². The van der Waals surface area contributed by atoms with E-state index in [-0.39, 0.29) is 0 Å². The molecule has 1 heterocycles. The quantitative estimate of drug-likeness (QED) is 0.733. The van der Waals surface area contributed by atoms with Crippen molar-refractivity contribution in [1.29, 1.82) is 0 Å². The molecule has 0 aliphatic carbocycles. The number of hydrogen-bond acceptors (Lipinski definition) is 1. The molecule has 0 saturated heterocycles. The van der Waals surface area contributed by atoms with Gasteiger partial charge in [0.15, 0.2) is 0 Å². The Morgan fingerprint density at radius 1 is 1.05 bits per heavy atom. The molecule has 2 aromatic carbocycles. The first-order valence-electron chi connectivity index (χ1n) is 6.93. The van der Waals surface area contributed by atoms with Gasteiger partial charge in [0.25, 0.3) is 0 Å². The van der Waals surface area contributed by atoms with Crippen molar-refractivity contribution in [1.82, 2.24) is 4.98 Å². The average molecular weight is 267 g/mol. The summed E-state index contributed by atoms with van der Waals surface area (Å²) in [4.78, 5) is 3.30. The van der Waals surface area contributed by atoms with Gasteiger partial charge in [-0.2, -0.15) is 0 Å². The molecule has 3 nitrogen and oxygen atoms in total. The largest absolute Gasteiger partial charge is 0.489 e. The Bertz CT molecular complexity index is 689. The highest BCUT2D eigenvalue weighted by molar-refractivity contribution is 5.84. The van der Waals surface area contributed by atoms with Crippen LogP contribution in [0.2, 0.25) is 0 Å². The van der Waals surface area contributed by atoms with Crippen LogP contribution in [-0.2, 0) is 13.0 Å². The zero-order valence-corrected chi connectivity index (χ0v) is 11.4. The molecule has 3 heteroatoms. The summed E-state index contributed by atoms with van der Waals surface area (Å²) >= 11 is 0. The number of ether oxygens (including phenoxy) is 1. The summed E-state index contributed by atoms with van der Waals surface area (Å²) in [5.74, 6) is 0.893. The van der Waals surface area contributed by atoms with Gasteiger partial charge in [0.2, 0.25) is 0 Å². The molecule has 0 saturated carbocycles. The molecule has 0 amide bonds. The molecule has 20 heavy (non-hydrogen) atoms. The zero-order chi connectivity index (χ0) is 13.8. The minimum atomic E-state index is 0.596. The monoisotopic (exact) mass is 267 g/mol. The van der Waals surface area contributed by atoms with Crippen LogP contribution in [0.5, 0.6) is 5.75 Å². The normalized spacial score (nSPS) is 10.8. The van der Waals surface area contributed by atoms with E-state index in [2.05, 4.69) is 41.2 Å². The van der Waals surface area contributed by atoms with Crippen molar-refractivity contribution in [2.45, 2.75) is 13.0 Å². The van der Waals surface area contributed by atoms with Gasteiger partial charge in [-0.05, 0) is 23.3 Å². The van der Waals surface area contributed by atoms with E-state index in [0.29, 0.717) is 6.61 Å². The first kappa shape index (κ1) is 12.8. The molecular weight excluding hydrogens is 248 g/mol.